The van der Waals surface area contributed by atoms with Crippen molar-refractivity contribution in [1.29, 1.82) is 0 Å². The number of aliphatic hydroxyl groups is 2. The molecule has 5 heteroatoms. The number of halogens is 1. The van der Waals surface area contributed by atoms with Gasteiger partial charge in [-0.05, 0) is 41.5 Å². The molecule has 0 bridgehead atoms. The van der Waals surface area contributed by atoms with E-state index < -0.39 is 19.9 Å². The quantitative estimate of drug-likeness (QED) is 0.504. The summed E-state index contributed by atoms with van der Waals surface area (Å²) in [4.78, 5) is 0. The molecule has 0 radical (unpaired) electrons. The van der Waals surface area contributed by atoms with E-state index in [0.717, 1.165) is 17.2 Å². The summed E-state index contributed by atoms with van der Waals surface area (Å²) in [5.41, 5.74) is 1.18. The van der Waals surface area contributed by atoms with Crippen LogP contribution in [0.2, 0.25) is 19.1 Å². The van der Waals surface area contributed by atoms with Crippen molar-refractivity contribution < 1.29 is 19.3 Å². The van der Waals surface area contributed by atoms with Crippen LogP contribution in [0.4, 0.5) is 4.39 Å². The summed E-state index contributed by atoms with van der Waals surface area (Å²) in [6.07, 6.45) is 0.572. The van der Waals surface area contributed by atoms with Crippen LogP contribution < -0.4 is 4.74 Å². The van der Waals surface area contributed by atoms with Crippen LogP contribution in [0.25, 0.3) is 0 Å². The molecule has 0 saturated heterocycles. The predicted molar refractivity (Wildman–Crippen MR) is 119 cm³/mol. The van der Waals surface area contributed by atoms with Crippen molar-refractivity contribution >= 4 is 8.07 Å². The normalized spacial score (nSPS) is 14.5. The van der Waals surface area contributed by atoms with Gasteiger partial charge in [0.05, 0.1) is 14.2 Å². The molecule has 0 saturated carbocycles. The number of hydrogen-bond donors (Lipinski definition) is 2. The van der Waals surface area contributed by atoms with E-state index in [-0.39, 0.29) is 11.2 Å². The Balaban J connectivity index is 2.22. The Labute approximate surface area is 175 Å². The van der Waals surface area contributed by atoms with E-state index >= 15 is 0 Å². The third kappa shape index (κ3) is 6.66. The second kappa shape index (κ2) is 9.87. The van der Waals surface area contributed by atoms with Crippen molar-refractivity contribution in [3.05, 3.63) is 65.5 Å². The zero-order valence-corrected chi connectivity index (χ0v) is 19.3. The highest BCUT2D eigenvalue weighted by Gasteiger charge is 2.39. The minimum absolute atomic E-state index is 0.298. The Kier molecular flexibility index (Phi) is 8.03. The molecule has 2 N–H and O–H groups in total. The largest absolute Gasteiger partial charge is 0.488 e. The van der Waals surface area contributed by atoms with Gasteiger partial charge in [0.25, 0.3) is 0 Å². The summed E-state index contributed by atoms with van der Waals surface area (Å²) in [5.74, 6) is 0.224. The Morgan fingerprint density at radius 1 is 1.07 bits per heavy atom. The molecule has 29 heavy (non-hydrogen) atoms. The van der Waals surface area contributed by atoms with E-state index in [0.29, 0.717) is 25.2 Å². The molecule has 3 nitrogen and oxygen atoms in total. The molecular formula is C24H35FO3Si. The average Bonchev–Trinajstić information content (AvgIpc) is 2.66. The van der Waals surface area contributed by atoms with Gasteiger partial charge in [-0.15, -0.1) is 0 Å². The maximum atomic E-state index is 14.0. The molecule has 0 fully saturated rings. The van der Waals surface area contributed by atoms with Crippen LogP contribution in [-0.4, -0.2) is 30.1 Å². The van der Waals surface area contributed by atoms with Gasteiger partial charge in [0.1, 0.15) is 18.2 Å². The third-order valence-electron chi connectivity index (χ3n) is 5.68. The zero-order valence-electron chi connectivity index (χ0n) is 18.3. The molecule has 2 rings (SSSR count). The lowest BCUT2D eigenvalue weighted by Crippen LogP contribution is -2.47. The second-order valence-electron chi connectivity index (χ2n) is 9.28. The topological polar surface area (TPSA) is 49.7 Å². The van der Waals surface area contributed by atoms with Crippen LogP contribution >= 0.6 is 0 Å². The molecule has 0 aliphatic carbocycles. The number of ether oxygens (including phenoxy) is 1. The van der Waals surface area contributed by atoms with Gasteiger partial charge in [-0.2, -0.15) is 0 Å². The van der Waals surface area contributed by atoms with Crippen molar-refractivity contribution in [3.8, 4) is 5.75 Å². The molecule has 0 aliphatic rings. The monoisotopic (exact) mass is 418 g/mol. The summed E-state index contributed by atoms with van der Waals surface area (Å²) >= 11 is 0. The fourth-order valence-corrected chi connectivity index (χ4v) is 7.62. The second-order valence-corrected chi connectivity index (χ2v) is 14.3. The van der Waals surface area contributed by atoms with Gasteiger partial charge in [0, 0.05) is 11.8 Å². The Hall–Kier alpha value is -1.69. The predicted octanol–water partition coefficient (Wildman–Crippen LogP) is 5.45. The molecule has 0 aliphatic heterocycles. The summed E-state index contributed by atoms with van der Waals surface area (Å²) in [6.45, 7) is 10.8. The average molecular weight is 419 g/mol. The molecule has 2 unspecified atom stereocenters. The van der Waals surface area contributed by atoms with Crippen LogP contribution in [0.3, 0.4) is 0 Å². The fraction of sp³-hybridized carbons (Fsp3) is 0.500. The Bertz CT molecular complexity index is 777. The standard InChI is InChI=1S/C24H35FO3Si/c1-6-20(26)15-23(27)29(4,5)17-24(2,3)21-13-12-19(25)14-22(21)28-16-18-10-8-7-9-11-18/h7-14,20,23,26-27H,6,15-17H2,1-5H3. The van der Waals surface area contributed by atoms with E-state index in [4.69, 9.17) is 4.74 Å². The highest BCUT2D eigenvalue weighted by atomic mass is 28.3. The zero-order chi connectivity index (χ0) is 21.7. The lowest BCUT2D eigenvalue weighted by molar-refractivity contribution is 0.109. The van der Waals surface area contributed by atoms with Crippen molar-refractivity contribution in [2.45, 2.75) is 76.6 Å². The first-order valence-electron chi connectivity index (χ1n) is 10.4. The first-order chi connectivity index (χ1) is 13.5. The lowest BCUT2D eigenvalue weighted by atomic mass is 9.86. The first-order valence-corrected chi connectivity index (χ1v) is 13.7. The maximum Gasteiger partial charge on any atom is 0.126 e. The summed E-state index contributed by atoms with van der Waals surface area (Å²) in [7, 11) is -2.08. The molecule has 2 aromatic rings. The lowest BCUT2D eigenvalue weighted by Gasteiger charge is -2.38. The highest BCUT2D eigenvalue weighted by Crippen LogP contribution is 2.40. The summed E-state index contributed by atoms with van der Waals surface area (Å²) < 4.78 is 20.0. The molecule has 160 valence electrons. The number of hydrogen-bond acceptors (Lipinski definition) is 3. The van der Waals surface area contributed by atoms with Gasteiger partial charge in [0.15, 0.2) is 0 Å². The van der Waals surface area contributed by atoms with Gasteiger partial charge in [0.2, 0.25) is 0 Å². The van der Waals surface area contributed by atoms with Crippen molar-refractivity contribution in [2.24, 2.45) is 0 Å². The fourth-order valence-electron chi connectivity index (χ4n) is 4.01. The van der Waals surface area contributed by atoms with Crippen molar-refractivity contribution in [2.75, 3.05) is 0 Å². The van der Waals surface area contributed by atoms with Crippen molar-refractivity contribution in [1.82, 2.24) is 0 Å². The van der Waals surface area contributed by atoms with Gasteiger partial charge in [-0.3, -0.25) is 0 Å². The third-order valence-corrected chi connectivity index (χ3v) is 9.51. The Morgan fingerprint density at radius 2 is 1.72 bits per heavy atom. The van der Waals surface area contributed by atoms with E-state index in [1.807, 2.05) is 37.3 Å². The molecule has 0 amide bonds. The minimum Gasteiger partial charge on any atom is -0.488 e. The van der Waals surface area contributed by atoms with E-state index in [2.05, 4.69) is 26.9 Å². The molecule has 2 aromatic carbocycles. The van der Waals surface area contributed by atoms with Gasteiger partial charge >= 0.3 is 0 Å². The molecule has 2 atom stereocenters. The Morgan fingerprint density at radius 3 is 2.34 bits per heavy atom. The molecular weight excluding hydrogens is 383 g/mol. The maximum absolute atomic E-state index is 14.0. The molecule has 0 aromatic heterocycles. The van der Waals surface area contributed by atoms with E-state index in [9.17, 15) is 14.6 Å². The summed E-state index contributed by atoms with van der Waals surface area (Å²) in [6, 6.07) is 15.3. The number of rotatable bonds is 10. The van der Waals surface area contributed by atoms with Gasteiger partial charge in [-0.25, -0.2) is 4.39 Å². The number of benzene rings is 2. The SMILES string of the molecule is CCC(O)CC(O)[Si](C)(C)CC(C)(C)c1ccc(F)cc1OCc1ccccc1. The van der Waals surface area contributed by atoms with Crippen LogP contribution in [0.15, 0.2) is 48.5 Å². The highest BCUT2D eigenvalue weighted by molar-refractivity contribution is 6.78. The van der Waals surface area contributed by atoms with Crippen LogP contribution in [0.1, 0.15) is 44.7 Å². The van der Waals surface area contributed by atoms with E-state index in [1.165, 1.54) is 12.1 Å². The smallest absolute Gasteiger partial charge is 0.126 e. The number of aliphatic hydroxyl groups excluding tert-OH is 2. The van der Waals surface area contributed by atoms with Gasteiger partial charge < -0.3 is 14.9 Å². The minimum atomic E-state index is -2.08. The molecule has 0 heterocycles. The van der Waals surface area contributed by atoms with E-state index in [1.54, 1.807) is 6.07 Å². The van der Waals surface area contributed by atoms with Crippen molar-refractivity contribution in [3.63, 3.8) is 0 Å². The van der Waals surface area contributed by atoms with Crippen LogP contribution in [0.5, 0.6) is 5.75 Å². The van der Waals surface area contributed by atoms with Crippen LogP contribution in [-0.2, 0) is 12.0 Å². The first kappa shape index (κ1) is 23.6. The summed E-state index contributed by atoms with van der Waals surface area (Å²) in [5, 5.41) is 20.7. The molecule has 0 spiro atoms. The van der Waals surface area contributed by atoms with Crippen LogP contribution in [0, 0.1) is 5.82 Å². The van der Waals surface area contributed by atoms with Gasteiger partial charge in [-0.1, -0.05) is 70.3 Å².